The Kier molecular flexibility index (Phi) is 3.54. The molecule has 0 bridgehead atoms. The Balaban J connectivity index is 3.39. The lowest BCUT2D eigenvalue weighted by atomic mass is 9.98. The molecule has 0 saturated heterocycles. The standard InChI is InChI=1S/C10H9F3NO2/c11-10(12,13)7-3-1-2-6(4-5-15)8(7)9(14)16/h1-4,15H,5H2,(H2,14,16). The van der Waals surface area contributed by atoms with Crippen molar-refractivity contribution in [3.05, 3.63) is 41.3 Å². The minimum Gasteiger partial charge on any atom is -0.396 e. The first-order chi connectivity index (χ1) is 7.38. The maximum Gasteiger partial charge on any atom is 0.417 e. The normalized spacial score (nSPS) is 11.5. The van der Waals surface area contributed by atoms with Crippen molar-refractivity contribution in [3.8, 4) is 0 Å². The van der Waals surface area contributed by atoms with E-state index in [-0.39, 0.29) is 5.56 Å². The van der Waals surface area contributed by atoms with Crippen LogP contribution in [0.2, 0.25) is 0 Å². The van der Waals surface area contributed by atoms with Crippen molar-refractivity contribution in [1.29, 1.82) is 0 Å². The van der Waals surface area contributed by atoms with Gasteiger partial charge in [-0.15, -0.1) is 0 Å². The number of carbonyl (C=O) groups excluding carboxylic acids is 1. The molecule has 3 N–H and O–H groups in total. The third-order valence-corrected chi connectivity index (χ3v) is 1.96. The van der Waals surface area contributed by atoms with Crippen molar-refractivity contribution < 1.29 is 23.1 Å². The van der Waals surface area contributed by atoms with Crippen LogP contribution in [0.15, 0.2) is 18.2 Å². The van der Waals surface area contributed by atoms with Gasteiger partial charge in [-0.05, 0) is 11.6 Å². The summed E-state index contributed by atoms with van der Waals surface area (Å²) in [6, 6.07) is 3.21. The summed E-state index contributed by atoms with van der Waals surface area (Å²) in [6.07, 6.45) is -3.56. The summed E-state index contributed by atoms with van der Waals surface area (Å²) in [5, 5.41) is 8.63. The number of halogens is 3. The summed E-state index contributed by atoms with van der Waals surface area (Å²) in [5.74, 6) is -1.17. The van der Waals surface area contributed by atoms with E-state index >= 15 is 0 Å². The number of aliphatic hydroxyl groups excluding tert-OH is 1. The summed E-state index contributed by atoms with van der Waals surface area (Å²) in [6.45, 7) is -0.471. The molecule has 0 aromatic heterocycles. The van der Waals surface area contributed by atoms with E-state index in [1.54, 1.807) is 0 Å². The Hall–Kier alpha value is -1.56. The molecular weight excluding hydrogens is 223 g/mol. The van der Waals surface area contributed by atoms with E-state index in [1.165, 1.54) is 6.07 Å². The molecule has 0 fully saturated rings. The van der Waals surface area contributed by atoms with Crippen LogP contribution in [0.5, 0.6) is 0 Å². The van der Waals surface area contributed by atoms with Gasteiger partial charge in [-0.3, -0.25) is 4.79 Å². The van der Waals surface area contributed by atoms with Crippen molar-refractivity contribution in [2.45, 2.75) is 6.18 Å². The average Bonchev–Trinajstić information content (AvgIpc) is 2.16. The van der Waals surface area contributed by atoms with Gasteiger partial charge in [0.15, 0.2) is 0 Å². The SMILES string of the molecule is NC(=O)c1c([CH]CO)cccc1C(F)(F)F. The molecule has 0 unspecified atom stereocenters. The van der Waals surface area contributed by atoms with Crippen molar-refractivity contribution in [3.63, 3.8) is 0 Å². The van der Waals surface area contributed by atoms with Crippen LogP contribution in [-0.4, -0.2) is 17.6 Å². The van der Waals surface area contributed by atoms with Crippen LogP contribution in [0.3, 0.4) is 0 Å². The summed E-state index contributed by atoms with van der Waals surface area (Å²) < 4.78 is 37.6. The molecule has 6 heteroatoms. The largest absolute Gasteiger partial charge is 0.417 e. The first-order valence-electron chi connectivity index (χ1n) is 4.32. The Bertz CT molecular complexity index is 402. The molecule has 0 spiro atoms. The van der Waals surface area contributed by atoms with E-state index in [1.807, 2.05) is 0 Å². The number of carbonyl (C=O) groups is 1. The van der Waals surface area contributed by atoms with Crippen molar-refractivity contribution >= 4 is 5.91 Å². The fraction of sp³-hybridized carbons (Fsp3) is 0.200. The fourth-order valence-electron chi connectivity index (χ4n) is 1.35. The third-order valence-electron chi connectivity index (χ3n) is 1.96. The second-order valence-corrected chi connectivity index (χ2v) is 3.02. The molecule has 16 heavy (non-hydrogen) atoms. The predicted octanol–water partition coefficient (Wildman–Crippen LogP) is 1.35. The minimum atomic E-state index is -4.65. The molecule has 1 amide bonds. The van der Waals surface area contributed by atoms with E-state index < -0.39 is 29.8 Å². The van der Waals surface area contributed by atoms with Gasteiger partial charge < -0.3 is 10.8 Å². The van der Waals surface area contributed by atoms with Crippen LogP contribution in [-0.2, 0) is 6.18 Å². The number of aliphatic hydroxyl groups is 1. The topological polar surface area (TPSA) is 63.3 Å². The lowest BCUT2D eigenvalue weighted by molar-refractivity contribution is -0.137. The lowest BCUT2D eigenvalue weighted by Gasteiger charge is -2.13. The first kappa shape index (κ1) is 12.5. The van der Waals surface area contributed by atoms with Crippen LogP contribution in [0.4, 0.5) is 13.2 Å². The zero-order chi connectivity index (χ0) is 12.3. The highest BCUT2D eigenvalue weighted by molar-refractivity contribution is 5.96. The molecule has 0 aliphatic rings. The number of benzene rings is 1. The Morgan fingerprint density at radius 1 is 1.44 bits per heavy atom. The van der Waals surface area contributed by atoms with Gasteiger partial charge >= 0.3 is 6.18 Å². The minimum absolute atomic E-state index is 0.0233. The van der Waals surface area contributed by atoms with Gasteiger partial charge in [0.2, 0.25) is 5.91 Å². The Morgan fingerprint density at radius 2 is 2.06 bits per heavy atom. The molecule has 1 aromatic rings. The highest BCUT2D eigenvalue weighted by atomic mass is 19.4. The molecule has 87 valence electrons. The molecule has 0 heterocycles. The maximum absolute atomic E-state index is 12.5. The van der Waals surface area contributed by atoms with E-state index in [0.29, 0.717) is 0 Å². The van der Waals surface area contributed by atoms with E-state index in [9.17, 15) is 18.0 Å². The van der Waals surface area contributed by atoms with E-state index in [0.717, 1.165) is 18.6 Å². The molecular formula is C10H9F3NO2. The van der Waals surface area contributed by atoms with Gasteiger partial charge in [0.1, 0.15) is 0 Å². The van der Waals surface area contributed by atoms with Gasteiger partial charge in [0, 0.05) is 6.42 Å². The number of primary amides is 1. The Labute approximate surface area is 89.7 Å². The number of rotatable bonds is 3. The van der Waals surface area contributed by atoms with Gasteiger partial charge in [0.25, 0.3) is 0 Å². The van der Waals surface area contributed by atoms with Gasteiger partial charge in [0.05, 0.1) is 17.7 Å². The Morgan fingerprint density at radius 3 is 2.50 bits per heavy atom. The number of hydrogen-bond donors (Lipinski definition) is 2. The summed E-state index contributed by atoms with van der Waals surface area (Å²) >= 11 is 0. The van der Waals surface area contributed by atoms with Crippen molar-refractivity contribution in [1.82, 2.24) is 0 Å². The highest BCUT2D eigenvalue weighted by Crippen LogP contribution is 2.33. The maximum atomic E-state index is 12.5. The van der Waals surface area contributed by atoms with Gasteiger partial charge in [-0.25, -0.2) is 0 Å². The summed E-state index contributed by atoms with van der Waals surface area (Å²) in [5.41, 5.74) is 3.16. The molecule has 0 aliphatic carbocycles. The zero-order valence-electron chi connectivity index (χ0n) is 8.08. The fourth-order valence-corrected chi connectivity index (χ4v) is 1.35. The predicted molar refractivity (Wildman–Crippen MR) is 50.4 cm³/mol. The number of alkyl halides is 3. The van der Waals surface area contributed by atoms with Crippen molar-refractivity contribution in [2.24, 2.45) is 5.73 Å². The summed E-state index contributed by atoms with van der Waals surface area (Å²) in [4.78, 5) is 11.0. The second-order valence-electron chi connectivity index (χ2n) is 3.02. The highest BCUT2D eigenvalue weighted by Gasteiger charge is 2.35. The quantitative estimate of drug-likeness (QED) is 0.826. The molecule has 1 aromatic carbocycles. The molecule has 1 rings (SSSR count). The van der Waals surface area contributed by atoms with Crippen molar-refractivity contribution in [2.75, 3.05) is 6.61 Å². The van der Waals surface area contributed by atoms with Crippen LogP contribution in [0.1, 0.15) is 21.5 Å². The zero-order valence-corrected chi connectivity index (χ0v) is 8.08. The van der Waals surface area contributed by atoms with Crippen LogP contribution in [0, 0.1) is 6.42 Å². The summed E-state index contributed by atoms with van der Waals surface area (Å²) in [7, 11) is 0. The van der Waals surface area contributed by atoms with Crippen LogP contribution < -0.4 is 5.73 Å². The number of nitrogens with two attached hydrogens (primary N) is 1. The number of amides is 1. The van der Waals surface area contributed by atoms with Crippen LogP contribution >= 0.6 is 0 Å². The molecule has 0 aliphatic heterocycles. The number of hydrogen-bond acceptors (Lipinski definition) is 2. The lowest BCUT2D eigenvalue weighted by Crippen LogP contribution is -2.21. The monoisotopic (exact) mass is 232 g/mol. The van der Waals surface area contributed by atoms with Gasteiger partial charge in [-0.2, -0.15) is 13.2 Å². The second kappa shape index (κ2) is 4.52. The third kappa shape index (κ3) is 2.52. The van der Waals surface area contributed by atoms with E-state index in [4.69, 9.17) is 10.8 Å². The molecule has 0 atom stereocenters. The smallest absolute Gasteiger partial charge is 0.396 e. The van der Waals surface area contributed by atoms with E-state index in [2.05, 4.69) is 0 Å². The first-order valence-corrected chi connectivity index (χ1v) is 4.32. The molecule has 0 saturated carbocycles. The molecule has 3 nitrogen and oxygen atoms in total. The van der Waals surface area contributed by atoms with Crippen LogP contribution in [0.25, 0.3) is 0 Å². The molecule has 1 radical (unpaired) electrons. The van der Waals surface area contributed by atoms with Gasteiger partial charge in [-0.1, -0.05) is 12.1 Å². The average molecular weight is 232 g/mol.